The summed E-state index contributed by atoms with van der Waals surface area (Å²) in [7, 11) is 0. The first-order chi connectivity index (χ1) is 8.54. The lowest BCUT2D eigenvalue weighted by molar-refractivity contribution is -0.137. The van der Waals surface area contributed by atoms with Gasteiger partial charge >= 0.3 is 6.18 Å². The Bertz CT molecular complexity index is 424. The first kappa shape index (κ1) is 11.9. The Morgan fingerprint density at radius 1 is 1.06 bits per heavy atom. The summed E-state index contributed by atoms with van der Waals surface area (Å²) in [5, 5.41) is 3.38. The van der Waals surface area contributed by atoms with Crippen LogP contribution in [-0.2, 0) is 6.18 Å². The van der Waals surface area contributed by atoms with Crippen LogP contribution in [-0.4, -0.2) is 6.04 Å². The van der Waals surface area contributed by atoms with Crippen LogP contribution in [0.4, 0.5) is 18.9 Å². The van der Waals surface area contributed by atoms with Crippen LogP contribution in [0.3, 0.4) is 0 Å². The largest absolute Gasteiger partial charge is 0.416 e. The number of rotatable bonds is 2. The van der Waals surface area contributed by atoms with Gasteiger partial charge in [-0.15, -0.1) is 0 Å². The zero-order chi connectivity index (χ0) is 12.8. The van der Waals surface area contributed by atoms with E-state index in [2.05, 4.69) is 5.32 Å². The second-order valence-corrected chi connectivity index (χ2v) is 5.42. The zero-order valence-corrected chi connectivity index (χ0v) is 10.0. The predicted octanol–water partition coefficient (Wildman–Crippen LogP) is 4.31. The van der Waals surface area contributed by atoms with Gasteiger partial charge in [-0.1, -0.05) is 12.8 Å². The normalized spacial score (nSPS) is 30.7. The van der Waals surface area contributed by atoms with Crippen molar-refractivity contribution in [2.75, 3.05) is 5.32 Å². The summed E-state index contributed by atoms with van der Waals surface area (Å²) in [6, 6.07) is 5.83. The first-order valence-electron chi connectivity index (χ1n) is 6.48. The molecular formula is C14H16F3N. The fourth-order valence-corrected chi connectivity index (χ4v) is 3.06. The van der Waals surface area contributed by atoms with Crippen molar-refractivity contribution in [2.45, 2.75) is 37.9 Å². The number of halogens is 3. The molecule has 0 bridgehead atoms. The maximum absolute atomic E-state index is 12.4. The van der Waals surface area contributed by atoms with E-state index in [-0.39, 0.29) is 0 Å². The summed E-state index contributed by atoms with van der Waals surface area (Å²) < 4.78 is 37.3. The average molecular weight is 255 g/mol. The Balaban J connectivity index is 1.66. The van der Waals surface area contributed by atoms with Gasteiger partial charge in [0.1, 0.15) is 0 Å². The summed E-state index contributed by atoms with van der Waals surface area (Å²) in [5.74, 6) is 1.62. The predicted molar refractivity (Wildman–Crippen MR) is 64.3 cm³/mol. The van der Waals surface area contributed by atoms with Gasteiger partial charge in [-0.3, -0.25) is 0 Å². The minimum atomic E-state index is -4.25. The van der Waals surface area contributed by atoms with Gasteiger partial charge in [0.15, 0.2) is 0 Å². The van der Waals surface area contributed by atoms with Crippen molar-refractivity contribution in [1.29, 1.82) is 0 Å². The van der Waals surface area contributed by atoms with E-state index < -0.39 is 11.7 Å². The molecule has 0 radical (unpaired) electrons. The van der Waals surface area contributed by atoms with Gasteiger partial charge in [0.25, 0.3) is 0 Å². The number of nitrogens with one attached hydrogen (secondary N) is 1. The maximum Gasteiger partial charge on any atom is 0.416 e. The number of fused-ring (bicyclic) bond motifs is 1. The van der Waals surface area contributed by atoms with Crippen LogP contribution in [0.15, 0.2) is 24.3 Å². The molecule has 0 spiro atoms. The smallest absolute Gasteiger partial charge is 0.382 e. The lowest BCUT2D eigenvalue weighted by atomic mass is 9.95. The van der Waals surface area contributed by atoms with Crippen molar-refractivity contribution >= 4 is 5.69 Å². The van der Waals surface area contributed by atoms with Gasteiger partial charge in [-0.05, 0) is 48.9 Å². The number of alkyl halides is 3. The summed E-state index contributed by atoms with van der Waals surface area (Å²) >= 11 is 0. The van der Waals surface area contributed by atoms with E-state index in [4.69, 9.17) is 0 Å². The van der Waals surface area contributed by atoms with Gasteiger partial charge in [0.05, 0.1) is 5.56 Å². The highest BCUT2D eigenvalue weighted by atomic mass is 19.4. The van der Waals surface area contributed by atoms with E-state index >= 15 is 0 Å². The molecule has 3 atom stereocenters. The van der Waals surface area contributed by atoms with Gasteiger partial charge in [-0.25, -0.2) is 0 Å². The molecule has 0 aromatic heterocycles. The highest BCUT2D eigenvalue weighted by molar-refractivity contribution is 5.46. The van der Waals surface area contributed by atoms with Crippen LogP contribution in [0.1, 0.15) is 31.2 Å². The quantitative estimate of drug-likeness (QED) is 0.830. The second-order valence-electron chi connectivity index (χ2n) is 5.42. The standard InChI is InChI=1S/C14H16F3N/c15-14(16,17)10-4-6-11(7-5-10)18-13-3-1-2-9-8-12(9)13/h4-7,9,12-13,18H,1-3,8H2. The van der Waals surface area contributed by atoms with E-state index in [1.165, 1.54) is 31.4 Å². The summed E-state index contributed by atoms with van der Waals surface area (Å²) in [6.07, 6.45) is 0.751. The Morgan fingerprint density at radius 2 is 1.78 bits per heavy atom. The van der Waals surface area contributed by atoms with Gasteiger partial charge < -0.3 is 5.32 Å². The lowest BCUT2D eigenvalue weighted by Gasteiger charge is -2.24. The van der Waals surface area contributed by atoms with E-state index in [0.717, 1.165) is 36.1 Å². The minimum Gasteiger partial charge on any atom is -0.382 e. The Kier molecular flexibility index (Phi) is 2.76. The van der Waals surface area contributed by atoms with Crippen LogP contribution in [0.2, 0.25) is 0 Å². The third-order valence-corrected chi connectivity index (χ3v) is 4.15. The number of anilines is 1. The van der Waals surface area contributed by atoms with E-state index in [1.54, 1.807) is 0 Å². The van der Waals surface area contributed by atoms with E-state index in [9.17, 15) is 13.2 Å². The molecule has 1 aromatic rings. The van der Waals surface area contributed by atoms with E-state index in [0.29, 0.717) is 6.04 Å². The van der Waals surface area contributed by atoms with Crippen molar-refractivity contribution in [3.8, 4) is 0 Å². The topological polar surface area (TPSA) is 12.0 Å². The average Bonchev–Trinajstić information content (AvgIpc) is 3.09. The van der Waals surface area contributed by atoms with Crippen molar-refractivity contribution in [3.05, 3.63) is 29.8 Å². The zero-order valence-electron chi connectivity index (χ0n) is 10.0. The fraction of sp³-hybridized carbons (Fsp3) is 0.571. The molecule has 0 saturated heterocycles. The molecule has 1 aromatic carbocycles. The molecule has 0 amide bonds. The molecule has 18 heavy (non-hydrogen) atoms. The second kappa shape index (κ2) is 4.18. The summed E-state index contributed by atoms with van der Waals surface area (Å²) in [5.41, 5.74) is 0.224. The van der Waals surface area contributed by atoms with Crippen molar-refractivity contribution in [2.24, 2.45) is 11.8 Å². The van der Waals surface area contributed by atoms with Crippen LogP contribution < -0.4 is 5.32 Å². The summed E-state index contributed by atoms with van der Waals surface area (Å²) in [6.45, 7) is 0. The molecule has 1 N–H and O–H groups in total. The molecule has 4 heteroatoms. The third kappa shape index (κ3) is 2.33. The van der Waals surface area contributed by atoms with Gasteiger partial charge in [-0.2, -0.15) is 13.2 Å². The Hall–Kier alpha value is -1.19. The molecule has 3 rings (SSSR count). The van der Waals surface area contributed by atoms with Crippen molar-refractivity contribution in [3.63, 3.8) is 0 Å². The Morgan fingerprint density at radius 3 is 2.44 bits per heavy atom. The minimum absolute atomic E-state index is 0.459. The SMILES string of the molecule is FC(F)(F)c1ccc(NC2CCCC3CC32)cc1. The highest BCUT2D eigenvalue weighted by Crippen LogP contribution is 2.50. The number of hydrogen-bond acceptors (Lipinski definition) is 1. The van der Waals surface area contributed by atoms with Crippen molar-refractivity contribution < 1.29 is 13.2 Å². The fourth-order valence-electron chi connectivity index (χ4n) is 3.06. The lowest BCUT2D eigenvalue weighted by Crippen LogP contribution is -2.25. The molecule has 3 unspecified atom stereocenters. The molecule has 2 aliphatic rings. The molecule has 0 aliphatic heterocycles. The van der Waals surface area contributed by atoms with Crippen LogP contribution in [0.5, 0.6) is 0 Å². The monoisotopic (exact) mass is 255 g/mol. The molecule has 0 heterocycles. The molecule has 2 fully saturated rings. The Labute approximate surface area is 104 Å². The van der Waals surface area contributed by atoms with Gasteiger partial charge in [0.2, 0.25) is 0 Å². The molecule has 1 nitrogen and oxygen atoms in total. The van der Waals surface area contributed by atoms with Crippen LogP contribution in [0, 0.1) is 11.8 Å². The first-order valence-corrected chi connectivity index (χ1v) is 6.48. The van der Waals surface area contributed by atoms with Crippen LogP contribution in [0.25, 0.3) is 0 Å². The molecule has 2 saturated carbocycles. The molecule has 98 valence electrons. The number of benzene rings is 1. The molecular weight excluding hydrogens is 239 g/mol. The highest BCUT2D eigenvalue weighted by Gasteiger charge is 2.45. The third-order valence-electron chi connectivity index (χ3n) is 4.15. The van der Waals surface area contributed by atoms with Gasteiger partial charge in [0, 0.05) is 11.7 Å². The van der Waals surface area contributed by atoms with Crippen LogP contribution >= 0.6 is 0 Å². The van der Waals surface area contributed by atoms with Crippen molar-refractivity contribution in [1.82, 2.24) is 0 Å². The van der Waals surface area contributed by atoms with E-state index in [1.807, 2.05) is 0 Å². The summed E-state index contributed by atoms with van der Waals surface area (Å²) in [4.78, 5) is 0. The molecule has 2 aliphatic carbocycles. The number of hydrogen-bond donors (Lipinski definition) is 1. The maximum atomic E-state index is 12.4.